The van der Waals surface area contributed by atoms with E-state index in [0.29, 0.717) is 24.4 Å². The zero-order valence-electron chi connectivity index (χ0n) is 20.8. The molecule has 0 aliphatic carbocycles. The Morgan fingerprint density at radius 2 is 1.79 bits per heavy atom. The Kier molecular flexibility index (Phi) is 7.20. The molecule has 33 heavy (non-hydrogen) atoms. The van der Waals surface area contributed by atoms with Gasteiger partial charge in [0.15, 0.2) is 0 Å². The van der Waals surface area contributed by atoms with Gasteiger partial charge in [-0.05, 0) is 59.6 Å². The lowest BCUT2D eigenvalue weighted by atomic mass is 9.85. The molecule has 1 atom stereocenters. The van der Waals surface area contributed by atoms with Crippen LogP contribution in [-0.2, 0) is 23.1 Å². The van der Waals surface area contributed by atoms with Crippen molar-refractivity contribution in [2.45, 2.75) is 71.8 Å². The molecular weight excluding hydrogens is 414 g/mol. The minimum Gasteiger partial charge on any atom is -0.487 e. The molecule has 0 saturated carbocycles. The van der Waals surface area contributed by atoms with Crippen molar-refractivity contribution in [3.8, 4) is 5.75 Å². The number of rotatable bonds is 8. The molecule has 2 aromatic carbocycles. The van der Waals surface area contributed by atoms with Crippen molar-refractivity contribution >= 4 is 11.9 Å². The number of aliphatic carboxylic acids is 1. The smallest absolute Gasteiger partial charge is 0.323 e. The molecule has 0 radical (unpaired) electrons. The number of carbonyl (C=O) groups excluding carboxylic acids is 1. The Balaban J connectivity index is 1.73. The first-order chi connectivity index (χ1) is 15.4. The van der Waals surface area contributed by atoms with E-state index in [1.807, 2.05) is 12.1 Å². The van der Waals surface area contributed by atoms with Gasteiger partial charge in [0.05, 0.1) is 0 Å². The number of hydrogen-bond acceptors (Lipinski definition) is 3. The van der Waals surface area contributed by atoms with Crippen LogP contribution in [0.15, 0.2) is 42.5 Å². The number of carboxylic acids is 1. The number of carbonyl (C=O) groups is 2. The Morgan fingerprint density at radius 3 is 2.36 bits per heavy atom. The summed E-state index contributed by atoms with van der Waals surface area (Å²) in [6.45, 7) is 13.0. The van der Waals surface area contributed by atoms with Crippen molar-refractivity contribution in [1.82, 2.24) is 4.90 Å². The number of benzene rings is 2. The third kappa shape index (κ3) is 6.37. The quantitative estimate of drug-likeness (QED) is 0.576. The van der Waals surface area contributed by atoms with E-state index in [9.17, 15) is 14.7 Å². The third-order valence-electron chi connectivity index (χ3n) is 6.22. The molecule has 1 aliphatic rings. The molecule has 1 N–H and O–H groups in total. The Hall–Kier alpha value is -2.82. The SMILES string of the molecule is CC(C)CCN(CC(=O)O)C(=O)c1ccc2c(c1)CC(C)(Cc1ccc(C(C)(C)C)cc1)O2. The number of amides is 1. The zero-order valence-corrected chi connectivity index (χ0v) is 20.8. The molecule has 5 nitrogen and oxygen atoms in total. The second-order valence-electron chi connectivity index (χ2n) is 11.0. The van der Waals surface area contributed by atoms with Gasteiger partial charge in [0.2, 0.25) is 0 Å². The summed E-state index contributed by atoms with van der Waals surface area (Å²) in [6.07, 6.45) is 2.24. The van der Waals surface area contributed by atoms with E-state index in [1.54, 1.807) is 6.07 Å². The predicted molar refractivity (Wildman–Crippen MR) is 131 cm³/mol. The van der Waals surface area contributed by atoms with Crippen LogP contribution in [-0.4, -0.2) is 40.6 Å². The topological polar surface area (TPSA) is 66.8 Å². The summed E-state index contributed by atoms with van der Waals surface area (Å²) in [4.78, 5) is 25.8. The highest BCUT2D eigenvalue weighted by Crippen LogP contribution is 2.38. The van der Waals surface area contributed by atoms with E-state index in [2.05, 4.69) is 65.8 Å². The first-order valence-corrected chi connectivity index (χ1v) is 11.8. The summed E-state index contributed by atoms with van der Waals surface area (Å²) in [7, 11) is 0. The van der Waals surface area contributed by atoms with Crippen LogP contribution in [0.4, 0.5) is 0 Å². The first kappa shape index (κ1) is 24.8. The van der Waals surface area contributed by atoms with E-state index >= 15 is 0 Å². The summed E-state index contributed by atoms with van der Waals surface area (Å²) in [5.74, 6) is -0.0538. The average Bonchev–Trinajstić information content (AvgIpc) is 3.04. The fourth-order valence-electron chi connectivity index (χ4n) is 4.32. The molecule has 3 rings (SSSR count). The highest BCUT2D eigenvalue weighted by Gasteiger charge is 2.35. The second kappa shape index (κ2) is 9.58. The van der Waals surface area contributed by atoms with Gasteiger partial charge in [-0.3, -0.25) is 9.59 Å². The van der Waals surface area contributed by atoms with Gasteiger partial charge in [-0.15, -0.1) is 0 Å². The molecule has 0 spiro atoms. The van der Waals surface area contributed by atoms with Gasteiger partial charge in [0.25, 0.3) is 5.91 Å². The molecule has 1 aliphatic heterocycles. The van der Waals surface area contributed by atoms with Crippen LogP contribution in [0.5, 0.6) is 5.75 Å². The van der Waals surface area contributed by atoms with Gasteiger partial charge in [-0.2, -0.15) is 0 Å². The predicted octanol–water partition coefficient (Wildman–Crippen LogP) is 5.49. The molecular formula is C28H37NO4. The monoisotopic (exact) mass is 451 g/mol. The van der Waals surface area contributed by atoms with Crippen LogP contribution in [0.2, 0.25) is 0 Å². The van der Waals surface area contributed by atoms with Gasteiger partial charge >= 0.3 is 5.97 Å². The van der Waals surface area contributed by atoms with E-state index in [4.69, 9.17) is 4.74 Å². The van der Waals surface area contributed by atoms with Crippen molar-refractivity contribution in [3.05, 3.63) is 64.7 Å². The first-order valence-electron chi connectivity index (χ1n) is 11.8. The van der Waals surface area contributed by atoms with Crippen LogP contribution in [0.3, 0.4) is 0 Å². The molecule has 2 aromatic rings. The molecule has 0 aromatic heterocycles. The summed E-state index contributed by atoms with van der Waals surface area (Å²) >= 11 is 0. The number of ether oxygens (including phenoxy) is 1. The van der Waals surface area contributed by atoms with Crippen LogP contribution in [0, 0.1) is 5.92 Å². The molecule has 1 unspecified atom stereocenters. The number of carboxylic acid groups (broad SMARTS) is 1. The van der Waals surface area contributed by atoms with Gasteiger partial charge in [-0.25, -0.2) is 0 Å². The maximum absolute atomic E-state index is 13.1. The van der Waals surface area contributed by atoms with Crippen LogP contribution >= 0.6 is 0 Å². The lowest BCUT2D eigenvalue weighted by Crippen LogP contribution is -2.37. The highest BCUT2D eigenvalue weighted by atomic mass is 16.5. The van der Waals surface area contributed by atoms with Crippen molar-refractivity contribution in [2.24, 2.45) is 5.92 Å². The molecule has 178 valence electrons. The molecule has 1 amide bonds. The van der Waals surface area contributed by atoms with Gasteiger partial charge in [0, 0.05) is 24.9 Å². The van der Waals surface area contributed by atoms with E-state index in [1.165, 1.54) is 16.0 Å². The lowest BCUT2D eigenvalue weighted by Gasteiger charge is -2.25. The van der Waals surface area contributed by atoms with Gasteiger partial charge in [0.1, 0.15) is 17.9 Å². The van der Waals surface area contributed by atoms with Crippen LogP contribution in [0.25, 0.3) is 0 Å². The largest absolute Gasteiger partial charge is 0.487 e. The summed E-state index contributed by atoms with van der Waals surface area (Å²) in [5, 5.41) is 9.26. The molecule has 0 fully saturated rings. The molecule has 1 heterocycles. The minimum absolute atomic E-state index is 0.120. The summed E-state index contributed by atoms with van der Waals surface area (Å²) in [5.41, 5.74) is 3.77. The molecule has 5 heteroatoms. The van der Waals surface area contributed by atoms with E-state index in [-0.39, 0.29) is 23.5 Å². The van der Waals surface area contributed by atoms with Crippen LogP contribution < -0.4 is 4.74 Å². The van der Waals surface area contributed by atoms with Crippen molar-refractivity contribution in [2.75, 3.05) is 13.1 Å². The maximum Gasteiger partial charge on any atom is 0.323 e. The van der Waals surface area contributed by atoms with Gasteiger partial charge in [-0.1, -0.05) is 58.9 Å². The number of fused-ring (bicyclic) bond motifs is 1. The molecule has 0 bridgehead atoms. The molecule has 0 saturated heterocycles. The number of hydrogen-bond donors (Lipinski definition) is 1. The minimum atomic E-state index is -0.998. The fraction of sp³-hybridized carbons (Fsp3) is 0.500. The average molecular weight is 452 g/mol. The Labute approximate surface area is 197 Å². The zero-order chi connectivity index (χ0) is 24.4. The standard InChI is InChI=1S/C28H37NO4/c1-19(2)13-14-29(18-25(30)31)26(32)21-9-12-24-22(15-21)17-28(6,33-24)16-20-7-10-23(11-8-20)27(3,4)5/h7-12,15,19H,13-14,16-18H2,1-6H3,(H,30,31). The normalized spacial score (nSPS) is 17.5. The summed E-state index contributed by atoms with van der Waals surface area (Å²) < 4.78 is 6.32. The number of nitrogens with zero attached hydrogens (tertiary/aromatic N) is 1. The van der Waals surface area contributed by atoms with E-state index in [0.717, 1.165) is 24.2 Å². The van der Waals surface area contributed by atoms with Crippen LogP contribution in [0.1, 0.15) is 75.0 Å². The van der Waals surface area contributed by atoms with Crippen molar-refractivity contribution in [3.63, 3.8) is 0 Å². The Morgan fingerprint density at radius 1 is 1.12 bits per heavy atom. The van der Waals surface area contributed by atoms with E-state index < -0.39 is 5.97 Å². The fourth-order valence-corrected chi connectivity index (χ4v) is 4.32. The lowest BCUT2D eigenvalue weighted by molar-refractivity contribution is -0.137. The van der Waals surface area contributed by atoms with Gasteiger partial charge < -0.3 is 14.7 Å². The summed E-state index contributed by atoms with van der Waals surface area (Å²) in [6, 6.07) is 14.2. The highest BCUT2D eigenvalue weighted by molar-refractivity contribution is 5.96. The van der Waals surface area contributed by atoms with Crippen molar-refractivity contribution in [1.29, 1.82) is 0 Å². The Bertz CT molecular complexity index is 1000. The maximum atomic E-state index is 13.1. The van der Waals surface area contributed by atoms with Crippen molar-refractivity contribution < 1.29 is 19.4 Å². The third-order valence-corrected chi connectivity index (χ3v) is 6.22. The second-order valence-corrected chi connectivity index (χ2v) is 11.0.